The molecule has 1 aromatic carbocycles. The van der Waals surface area contributed by atoms with E-state index in [-0.39, 0.29) is 0 Å². The molecule has 102 valence electrons. The summed E-state index contributed by atoms with van der Waals surface area (Å²) in [5, 5.41) is 9.27. The second-order valence-electron chi connectivity index (χ2n) is 5.71. The maximum atomic E-state index is 9.27. The van der Waals surface area contributed by atoms with Crippen LogP contribution in [0.1, 0.15) is 50.2 Å². The summed E-state index contributed by atoms with van der Waals surface area (Å²) in [6.07, 6.45) is 6.51. The standard InChI is InChI=1S/C17H24N2/c1-3-5-15-6-4-10-19(11-9-15)17-12-14(2)7-8-16(17)13-18/h7-8,12,15H,3-6,9-11H2,1-2H3. The van der Waals surface area contributed by atoms with Gasteiger partial charge in [-0.1, -0.05) is 25.8 Å². The third kappa shape index (κ3) is 3.50. The van der Waals surface area contributed by atoms with Crippen molar-refractivity contribution in [3.63, 3.8) is 0 Å². The van der Waals surface area contributed by atoms with Crippen molar-refractivity contribution in [2.45, 2.75) is 46.0 Å². The molecule has 1 saturated heterocycles. The van der Waals surface area contributed by atoms with E-state index in [2.05, 4.69) is 30.9 Å². The van der Waals surface area contributed by atoms with E-state index in [0.717, 1.165) is 30.3 Å². The van der Waals surface area contributed by atoms with Crippen LogP contribution in [0.5, 0.6) is 0 Å². The lowest BCUT2D eigenvalue weighted by molar-refractivity contribution is 0.435. The van der Waals surface area contributed by atoms with Gasteiger partial charge in [-0.2, -0.15) is 5.26 Å². The summed E-state index contributed by atoms with van der Waals surface area (Å²) in [7, 11) is 0. The van der Waals surface area contributed by atoms with Crippen molar-refractivity contribution in [3.05, 3.63) is 29.3 Å². The number of hydrogen-bond donors (Lipinski definition) is 0. The Labute approximate surface area is 117 Å². The third-order valence-corrected chi connectivity index (χ3v) is 4.16. The summed E-state index contributed by atoms with van der Waals surface area (Å²) in [4.78, 5) is 2.42. The Morgan fingerprint density at radius 2 is 2.16 bits per heavy atom. The van der Waals surface area contributed by atoms with Crippen LogP contribution in [0.3, 0.4) is 0 Å². The smallest absolute Gasteiger partial charge is 0.101 e. The quantitative estimate of drug-likeness (QED) is 0.807. The molecule has 2 nitrogen and oxygen atoms in total. The number of hydrogen-bond acceptors (Lipinski definition) is 2. The largest absolute Gasteiger partial charge is 0.370 e. The second kappa shape index (κ2) is 6.61. The van der Waals surface area contributed by atoms with Gasteiger partial charge in [-0.15, -0.1) is 0 Å². The highest BCUT2D eigenvalue weighted by atomic mass is 15.1. The first-order chi connectivity index (χ1) is 9.24. The summed E-state index contributed by atoms with van der Waals surface area (Å²) < 4.78 is 0. The zero-order valence-electron chi connectivity index (χ0n) is 12.2. The average molecular weight is 256 g/mol. The van der Waals surface area contributed by atoms with Crippen LogP contribution in [0, 0.1) is 24.2 Å². The minimum Gasteiger partial charge on any atom is -0.370 e. The van der Waals surface area contributed by atoms with Crippen LogP contribution in [0.15, 0.2) is 18.2 Å². The van der Waals surface area contributed by atoms with Crippen LogP contribution >= 0.6 is 0 Å². The molecule has 0 amide bonds. The maximum absolute atomic E-state index is 9.27. The minimum absolute atomic E-state index is 0.819. The normalized spacial score (nSPS) is 19.8. The summed E-state index contributed by atoms with van der Waals surface area (Å²) in [5.74, 6) is 0.880. The molecule has 19 heavy (non-hydrogen) atoms. The molecule has 1 unspecified atom stereocenters. The SMILES string of the molecule is CCCC1CCCN(c2cc(C)ccc2C#N)CC1. The van der Waals surface area contributed by atoms with Crippen molar-refractivity contribution in [2.75, 3.05) is 18.0 Å². The molecule has 1 aliphatic heterocycles. The maximum Gasteiger partial charge on any atom is 0.101 e. The zero-order chi connectivity index (χ0) is 13.7. The van der Waals surface area contributed by atoms with Gasteiger partial charge in [0.05, 0.1) is 11.3 Å². The van der Waals surface area contributed by atoms with Gasteiger partial charge in [0.1, 0.15) is 6.07 Å². The molecular weight excluding hydrogens is 232 g/mol. The predicted octanol–water partition coefficient (Wildman–Crippen LogP) is 4.27. The van der Waals surface area contributed by atoms with E-state index in [1.54, 1.807) is 0 Å². The van der Waals surface area contributed by atoms with E-state index in [4.69, 9.17) is 0 Å². The van der Waals surface area contributed by atoms with E-state index < -0.39 is 0 Å². The highest BCUT2D eigenvalue weighted by Gasteiger charge is 2.18. The molecule has 0 aliphatic carbocycles. The second-order valence-corrected chi connectivity index (χ2v) is 5.71. The number of nitriles is 1. The third-order valence-electron chi connectivity index (χ3n) is 4.16. The van der Waals surface area contributed by atoms with Crippen LogP contribution in [-0.4, -0.2) is 13.1 Å². The Balaban J connectivity index is 2.14. The van der Waals surface area contributed by atoms with Gasteiger partial charge in [0.25, 0.3) is 0 Å². The van der Waals surface area contributed by atoms with Gasteiger partial charge in [0, 0.05) is 13.1 Å². The van der Waals surface area contributed by atoms with Gasteiger partial charge in [-0.05, 0) is 49.8 Å². The van der Waals surface area contributed by atoms with E-state index >= 15 is 0 Å². The molecular formula is C17H24N2. The van der Waals surface area contributed by atoms with Crippen LogP contribution < -0.4 is 4.90 Å². The monoisotopic (exact) mass is 256 g/mol. The Bertz CT molecular complexity index is 459. The Kier molecular flexibility index (Phi) is 4.85. The number of rotatable bonds is 3. The molecule has 2 heteroatoms. The fraction of sp³-hybridized carbons (Fsp3) is 0.588. The molecule has 1 atom stereocenters. The van der Waals surface area contributed by atoms with Crippen molar-refractivity contribution in [1.82, 2.24) is 0 Å². The number of anilines is 1. The van der Waals surface area contributed by atoms with Crippen molar-refractivity contribution in [1.29, 1.82) is 5.26 Å². The van der Waals surface area contributed by atoms with Gasteiger partial charge < -0.3 is 4.90 Å². The minimum atomic E-state index is 0.819. The van der Waals surface area contributed by atoms with Gasteiger partial charge in [-0.3, -0.25) is 0 Å². The predicted molar refractivity (Wildman–Crippen MR) is 80.4 cm³/mol. The van der Waals surface area contributed by atoms with E-state index in [9.17, 15) is 5.26 Å². The van der Waals surface area contributed by atoms with Gasteiger partial charge in [-0.25, -0.2) is 0 Å². The van der Waals surface area contributed by atoms with Crippen molar-refractivity contribution in [2.24, 2.45) is 5.92 Å². The van der Waals surface area contributed by atoms with Crippen molar-refractivity contribution >= 4 is 5.69 Å². The first-order valence-electron chi connectivity index (χ1n) is 7.50. The molecule has 0 aromatic heterocycles. The van der Waals surface area contributed by atoms with Crippen LogP contribution in [-0.2, 0) is 0 Å². The number of aryl methyl sites for hydroxylation is 1. The lowest BCUT2D eigenvalue weighted by atomic mass is 9.96. The van der Waals surface area contributed by atoms with Crippen molar-refractivity contribution in [3.8, 4) is 6.07 Å². The first-order valence-corrected chi connectivity index (χ1v) is 7.50. The molecule has 0 N–H and O–H groups in total. The molecule has 0 spiro atoms. The molecule has 0 radical (unpaired) electrons. The molecule has 1 aromatic rings. The van der Waals surface area contributed by atoms with E-state index in [1.165, 1.54) is 37.7 Å². The molecule has 0 saturated carbocycles. The number of nitrogens with zero attached hydrogens (tertiary/aromatic N) is 2. The molecule has 1 heterocycles. The fourth-order valence-electron chi connectivity index (χ4n) is 3.10. The van der Waals surface area contributed by atoms with Crippen LogP contribution in [0.2, 0.25) is 0 Å². The highest BCUT2D eigenvalue weighted by molar-refractivity contribution is 5.60. The Hall–Kier alpha value is -1.49. The lowest BCUT2D eigenvalue weighted by Gasteiger charge is -2.24. The topological polar surface area (TPSA) is 27.0 Å². The van der Waals surface area contributed by atoms with E-state index in [1.807, 2.05) is 12.1 Å². The zero-order valence-corrected chi connectivity index (χ0v) is 12.2. The molecule has 1 fully saturated rings. The summed E-state index contributed by atoms with van der Waals surface area (Å²) >= 11 is 0. The summed E-state index contributed by atoms with van der Waals surface area (Å²) in [6.45, 7) is 6.57. The van der Waals surface area contributed by atoms with E-state index in [0.29, 0.717) is 0 Å². The van der Waals surface area contributed by atoms with Gasteiger partial charge in [0.15, 0.2) is 0 Å². The van der Waals surface area contributed by atoms with Crippen LogP contribution in [0.25, 0.3) is 0 Å². The van der Waals surface area contributed by atoms with Crippen LogP contribution in [0.4, 0.5) is 5.69 Å². The lowest BCUT2D eigenvalue weighted by Crippen LogP contribution is -2.25. The number of benzene rings is 1. The van der Waals surface area contributed by atoms with Gasteiger partial charge >= 0.3 is 0 Å². The average Bonchev–Trinajstić information content (AvgIpc) is 2.65. The molecule has 1 aliphatic rings. The molecule has 2 rings (SSSR count). The molecule has 0 bridgehead atoms. The van der Waals surface area contributed by atoms with Crippen molar-refractivity contribution < 1.29 is 0 Å². The fourth-order valence-corrected chi connectivity index (χ4v) is 3.10. The first kappa shape index (κ1) is 13.9. The summed E-state index contributed by atoms with van der Waals surface area (Å²) in [6, 6.07) is 8.49. The summed E-state index contributed by atoms with van der Waals surface area (Å²) in [5.41, 5.74) is 3.20. The van der Waals surface area contributed by atoms with Gasteiger partial charge in [0.2, 0.25) is 0 Å². The Morgan fingerprint density at radius 3 is 2.89 bits per heavy atom. The Morgan fingerprint density at radius 1 is 1.32 bits per heavy atom. The highest BCUT2D eigenvalue weighted by Crippen LogP contribution is 2.28.